The predicted octanol–water partition coefficient (Wildman–Crippen LogP) is 2.81. The van der Waals surface area contributed by atoms with Crippen LogP contribution in [0.1, 0.15) is 32.4 Å². The molecule has 0 spiro atoms. The lowest BCUT2D eigenvalue weighted by molar-refractivity contribution is 0.281. The fraction of sp³-hybridized carbons (Fsp3) is 0.389. The Bertz CT molecular complexity index is 830. The summed E-state index contributed by atoms with van der Waals surface area (Å²) in [5, 5.41) is 15.8. The Balaban J connectivity index is 1.96. The zero-order valence-electron chi connectivity index (χ0n) is 14.8. The largest absolute Gasteiger partial charge is 0.394 e. The molecule has 1 atom stereocenters. The molecule has 3 N–H and O–H groups in total. The molecule has 0 fully saturated rings. The number of hydrogen-bond donors (Lipinski definition) is 3. The van der Waals surface area contributed by atoms with Gasteiger partial charge < -0.3 is 20.3 Å². The summed E-state index contributed by atoms with van der Waals surface area (Å²) >= 11 is 0. The number of anilines is 2. The van der Waals surface area contributed by atoms with Crippen molar-refractivity contribution in [3.8, 4) is 0 Å². The van der Waals surface area contributed by atoms with E-state index < -0.39 is 0 Å². The lowest BCUT2D eigenvalue weighted by Crippen LogP contribution is -2.21. The molecule has 3 rings (SSSR count). The fourth-order valence-corrected chi connectivity index (χ4v) is 2.53. The first-order chi connectivity index (χ1) is 12.1. The summed E-state index contributed by atoms with van der Waals surface area (Å²) in [7, 11) is 0. The van der Waals surface area contributed by atoms with E-state index in [9.17, 15) is 5.11 Å². The highest BCUT2D eigenvalue weighted by Crippen LogP contribution is 2.24. The summed E-state index contributed by atoms with van der Waals surface area (Å²) in [5.41, 5.74) is 2.68. The standard InChI is InChI=1S/C18H24N6O/c1-12(2)24-11-20-15-16(19-9-14-7-5-4-6-8-14)22-18(23-17(15)24)21-13(3)10-25/h4-8,11-13,25H,9-10H2,1-3H3,(H2,19,21,22,23)/t13-/m1/s1. The Kier molecular flexibility index (Phi) is 5.14. The van der Waals surface area contributed by atoms with Crippen LogP contribution in [0, 0.1) is 0 Å². The van der Waals surface area contributed by atoms with Crippen LogP contribution in [0.5, 0.6) is 0 Å². The predicted molar refractivity (Wildman–Crippen MR) is 99.6 cm³/mol. The van der Waals surface area contributed by atoms with Crippen molar-refractivity contribution in [3.63, 3.8) is 0 Å². The maximum absolute atomic E-state index is 9.28. The molecule has 0 aliphatic rings. The van der Waals surface area contributed by atoms with E-state index in [0.717, 1.165) is 16.7 Å². The Morgan fingerprint density at radius 3 is 2.56 bits per heavy atom. The minimum Gasteiger partial charge on any atom is -0.394 e. The molecule has 0 saturated carbocycles. The van der Waals surface area contributed by atoms with Crippen molar-refractivity contribution in [1.82, 2.24) is 19.5 Å². The van der Waals surface area contributed by atoms with Crippen LogP contribution in [0.2, 0.25) is 0 Å². The molecule has 0 saturated heterocycles. The fourth-order valence-electron chi connectivity index (χ4n) is 2.53. The van der Waals surface area contributed by atoms with E-state index in [0.29, 0.717) is 18.3 Å². The van der Waals surface area contributed by atoms with Gasteiger partial charge >= 0.3 is 0 Å². The van der Waals surface area contributed by atoms with Crippen LogP contribution < -0.4 is 10.6 Å². The lowest BCUT2D eigenvalue weighted by atomic mass is 10.2. The number of aliphatic hydroxyl groups is 1. The highest BCUT2D eigenvalue weighted by Gasteiger charge is 2.15. The van der Waals surface area contributed by atoms with Crippen molar-refractivity contribution in [1.29, 1.82) is 0 Å². The topological polar surface area (TPSA) is 87.9 Å². The van der Waals surface area contributed by atoms with Gasteiger partial charge in [0.2, 0.25) is 5.95 Å². The summed E-state index contributed by atoms with van der Waals surface area (Å²) in [4.78, 5) is 13.6. The van der Waals surface area contributed by atoms with E-state index in [-0.39, 0.29) is 18.7 Å². The third-order valence-electron chi connectivity index (χ3n) is 3.93. The van der Waals surface area contributed by atoms with E-state index in [1.165, 1.54) is 0 Å². The van der Waals surface area contributed by atoms with Crippen LogP contribution in [0.3, 0.4) is 0 Å². The molecule has 0 unspecified atom stereocenters. The van der Waals surface area contributed by atoms with Crippen LogP contribution in [0.25, 0.3) is 11.2 Å². The SMILES string of the molecule is CC(C)n1cnc2c(NCc3ccccc3)nc(N[C@H](C)CO)nc21. The second-order valence-electron chi connectivity index (χ2n) is 6.38. The van der Waals surface area contributed by atoms with Crippen molar-refractivity contribution >= 4 is 22.9 Å². The van der Waals surface area contributed by atoms with Crippen molar-refractivity contribution in [3.05, 3.63) is 42.2 Å². The molecular weight excluding hydrogens is 316 g/mol. The van der Waals surface area contributed by atoms with Crippen LogP contribution >= 0.6 is 0 Å². The number of nitrogens with one attached hydrogen (secondary N) is 2. The van der Waals surface area contributed by atoms with Crippen LogP contribution in [0.15, 0.2) is 36.7 Å². The van der Waals surface area contributed by atoms with Gasteiger partial charge in [0.15, 0.2) is 17.0 Å². The van der Waals surface area contributed by atoms with Gasteiger partial charge in [-0.1, -0.05) is 30.3 Å². The quantitative estimate of drug-likeness (QED) is 0.613. The van der Waals surface area contributed by atoms with E-state index in [4.69, 9.17) is 0 Å². The zero-order valence-corrected chi connectivity index (χ0v) is 14.8. The number of rotatable bonds is 7. The Hall–Kier alpha value is -2.67. The Morgan fingerprint density at radius 2 is 1.88 bits per heavy atom. The van der Waals surface area contributed by atoms with Gasteiger partial charge in [-0.3, -0.25) is 0 Å². The minimum atomic E-state index is -0.130. The van der Waals surface area contributed by atoms with Gasteiger partial charge in [-0.15, -0.1) is 0 Å². The van der Waals surface area contributed by atoms with Gasteiger partial charge in [-0.05, 0) is 26.3 Å². The van der Waals surface area contributed by atoms with E-state index in [2.05, 4.69) is 51.6 Å². The number of aliphatic hydroxyl groups excluding tert-OH is 1. The molecule has 7 nitrogen and oxygen atoms in total. The van der Waals surface area contributed by atoms with E-state index in [1.807, 2.05) is 29.7 Å². The maximum atomic E-state index is 9.28. The monoisotopic (exact) mass is 340 g/mol. The summed E-state index contributed by atoms with van der Waals surface area (Å²) < 4.78 is 2.01. The molecule has 0 radical (unpaired) electrons. The number of fused-ring (bicyclic) bond motifs is 1. The summed E-state index contributed by atoms with van der Waals surface area (Å²) in [5.74, 6) is 1.16. The zero-order chi connectivity index (χ0) is 17.8. The molecular formula is C18H24N6O. The minimum absolute atomic E-state index is 0.0115. The second kappa shape index (κ2) is 7.48. The first-order valence-corrected chi connectivity index (χ1v) is 8.48. The van der Waals surface area contributed by atoms with Gasteiger partial charge in [0.25, 0.3) is 0 Å². The first-order valence-electron chi connectivity index (χ1n) is 8.48. The van der Waals surface area contributed by atoms with E-state index in [1.54, 1.807) is 6.33 Å². The molecule has 0 amide bonds. The highest BCUT2D eigenvalue weighted by molar-refractivity contribution is 5.84. The first kappa shape index (κ1) is 17.2. The summed E-state index contributed by atoms with van der Waals surface area (Å²) in [6.45, 7) is 6.71. The summed E-state index contributed by atoms with van der Waals surface area (Å²) in [6.07, 6.45) is 1.79. The van der Waals surface area contributed by atoms with Crippen LogP contribution in [-0.2, 0) is 6.54 Å². The van der Waals surface area contributed by atoms with Crippen LogP contribution in [0.4, 0.5) is 11.8 Å². The highest BCUT2D eigenvalue weighted by atomic mass is 16.3. The third kappa shape index (κ3) is 3.88. The van der Waals surface area contributed by atoms with Gasteiger partial charge in [-0.2, -0.15) is 9.97 Å². The Morgan fingerprint density at radius 1 is 1.12 bits per heavy atom. The van der Waals surface area contributed by atoms with Crippen molar-refractivity contribution in [2.75, 3.05) is 17.2 Å². The van der Waals surface area contributed by atoms with Gasteiger partial charge in [0, 0.05) is 18.6 Å². The number of aromatic nitrogens is 4. The van der Waals surface area contributed by atoms with Gasteiger partial charge in [0.05, 0.1) is 12.9 Å². The lowest BCUT2D eigenvalue weighted by Gasteiger charge is -2.14. The van der Waals surface area contributed by atoms with Gasteiger partial charge in [0.1, 0.15) is 0 Å². The molecule has 2 aromatic heterocycles. The molecule has 2 heterocycles. The molecule has 7 heteroatoms. The number of hydrogen-bond acceptors (Lipinski definition) is 6. The van der Waals surface area contributed by atoms with Crippen molar-refractivity contribution in [2.45, 2.75) is 39.4 Å². The summed E-state index contributed by atoms with van der Waals surface area (Å²) in [6, 6.07) is 10.2. The second-order valence-corrected chi connectivity index (χ2v) is 6.38. The van der Waals surface area contributed by atoms with Gasteiger partial charge in [-0.25, -0.2) is 4.98 Å². The number of benzene rings is 1. The average molecular weight is 340 g/mol. The number of imidazole rings is 1. The maximum Gasteiger partial charge on any atom is 0.227 e. The molecule has 0 aliphatic carbocycles. The molecule has 25 heavy (non-hydrogen) atoms. The molecule has 132 valence electrons. The van der Waals surface area contributed by atoms with Crippen molar-refractivity contribution in [2.24, 2.45) is 0 Å². The molecule has 0 aliphatic heterocycles. The smallest absolute Gasteiger partial charge is 0.227 e. The van der Waals surface area contributed by atoms with Crippen molar-refractivity contribution < 1.29 is 5.11 Å². The average Bonchev–Trinajstić information content (AvgIpc) is 3.04. The molecule has 0 bridgehead atoms. The normalized spacial score (nSPS) is 12.5. The Labute approximate surface area is 147 Å². The molecule has 3 aromatic rings. The third-order valence-corrected chi connectivity index (χ3v) is 3.93. The van der Waals surface area contributed by atoms with Crippen LogP contribution in [-0.4, -0.2) is 37.3 Å². The molecule has 1 aromatic carbocycles. The van der Waals surface area contributed by atoms with E-state index >= 15 is 0 Å². The number of nitrogens with zero attached hydrogens (tertiary/aromatic N) is 4.